The number of nitrogens with zero attached hydrogens (tertiary/aromatic N) is 2. The third-order valence-corrected chi connectivity index (χ3v) is 3.24. The molecule has 1 amide bonds. The summed E-state index contributed by atoms with van der Waals surface area (Å²) in [6.07, 6.45) is 3.77. The fourth-order valence-corrected chi connectivity index (χ4v) is 2.25. The second kappa shape index (κ2) is 5.36. The van der Waals surface area contributed by atoms with Gasteiger partial charge in [-0.25, -0.2) is 4.99 Å². The van der Waals surface area contributed by atoms with Gasteiger partial charge in [0, 0.05) is 25.7 Å². The van der Waals surface area contributed by atoms with Gasteiger partial charge in [0.25, 0.3) is 0 Å². The van der Waals surface area contributed by atoms with E-state index in [4.69, 9.17) is 10.8 Å². The van der Waals surface area contributed by atoms with Crippen LogP contribution in [0, 0.1) is 11.8 Å². The highest BCUT2D eigenvalue weighted by Crippen LogP contribution is 2.26. The van der Waals surface area contributed by atoms with Crippen LogP contribution in [-0.2, 0) is 4.79 Å². The molecule has 5 N–H and O–H groups in total. The van der Waals surface area contributed by atoms with Crippen molar-refractivity contribution in [3.63, 3.8) is 0 Å². The largest absolute Gasteiger partial charge is 0.396 e. The molecule has 0 fully saturated rings. The maximum Gasteiger partial charge on any atom is 0.237 e. The van der Waals surface area contributed by atoms with Crippen molar-refractivity contribution in [1.82, 2.24) is 10.2 Å². The average Bonchev–Trinajstić information content (AvgIpc) is 2.72. The molecule has 0 aromatic rings. The van der Waals surface area contributed by atoms with Gasteiger partial charge in [0.2, 0.25) is 5.91 Å². The number of fused-ring (bicyclic) bond motifs is 1. The normalized spacial score (nSPS) is 27.8. The van der Waals surface area contributed by atoms with Crippen molar-refractivity contribution in [2.24, 2.45) is 22.6 Å². The molecule has 0 saturated carbocycles. The Morgan fingerprint density at radius 1 is 1.56 bits per heavy atom. The van der Waals surface area contributed by atoms with Crippen molar-refractivity contribution in [3.05, 3.63) is 12.3 Å². The van der Waals surface area contributed by atoms with Crippen molar-refractivity contribution < 1.29 is 15.0 Å². The van der Waals surface area contributed by atoms with Crippen LogP contribution in [0.15, 0.2) is 17.3 Å². The lowest BCUT2D eigenvalue weighted by molar-refractivity contribution is -0.123. The van der Waals surface area contributed by atoms with E-state index in [1.54, 1.807) is 12.3 Å². The number of aliphatic imine (C=N–C) groups is 1. The van der Waals surface area contributed by atoms with Gasteiger partial charge in [0.05, 0.1) is 5.92 Å². The monoisotopic (exact) mass is 254 g/mol. The molecule has 3 atom stereocenters. The maximum atomic E-state index is 11.7. The van der Waals surface area contributed by atoms with E-state index >= 15 is 0 Å². The van der Waals surface area contributed by atoms with E-state index < -0.39 is 0 Å². The van der Waals surface area contributed by atoms with E-state index in [2.05, 4.69) is 10.3 Å². The molecule has 7 nitrogen and oxygen atoms in total. The molecule has 2 aliphatic heterocycles. The van der Waals surface area contributed by atoms with E-state index in [1.807, 2.05) is 4.90 Å². The molecule has 0 saturated heterocycles. The Hall–Kier alpha value is -1.60. The van der Waals surface area contributed by atoms with E-state index in [0.717, 1.165) is 0 Å². The minimum atomic E-state index is -0.328. The first-order valence-electron chi connectivity index (χ1n) is 5.95. The van der Waals surface area contributed by atoms with E-state index in [-0.39, 0.29) is 43.1 Å². The number of guanidine groups is 1. The molecule has 0 spiro atoms. The van der Waals surface area contributed by atoms with Crippen molar-refractivity contribution in [3.8, 4) is 0 Å². The second-order valence-electron chi connectivity index (χ2n) is 4.54. The smallest absolute Gasteiger partial charge is 0.237 e. The molecule has 0 bridgehead atoms. The van der Waals surface area contributed by atoms with Crippen LogP contribution in [0.25, 0.3) is 0 Å². The molecule has 3 unspecified atom stereocenters. The van der Waals surface area contributed by atoms with Crippen LogP contribution in [-0.4, -0.2) is 52.9 Å². The zero-order valence-corrected chi connectivity index (χ0v) is 9.99. The van der Waals surface area contributed by atoms with E-state index in [0.29, 0.717) is 13.0 Å². The minimum Gasteiger partial charge on any atom is -0.396 e. The SMILES string of the molecule is NC1=NC2C(C=CN2CC(CO)CCO)C(=O)N1. The van der Waals surface area contributed by atoms with Gasteiger partial charge >= 0.3 is 0 Å². The van der Waals surface area contributed by atoms with Gasteiger partial charge in [-0.2, -0.15) is 0 Å². The number of nitrogens with two attached hydrogens (primary N) is 1. The number of carbonyl (C=O) groups excluding carboxylic acids is 1. The fraction of sp³-hybridized carbons (Fsp3) is 0.636. The van der Waals surface area contributed by atoms with Crippen LogP contribution in [0.3, 0.4) is 0 Å². The number of amides is 1. The van der Waals surface area contributed by atoms with Gasteiger partial charge in [-0.3, -0.25) is 10.1 Å². The molecule has 2 heterocycles. The first-order chi connectivity index (χ1) is 8.65. The minimum absolute atomic E-state index is 0.00627. The number of aliphatic hydroxyl groups excluding tert-OH is 2. The number of carbonyl (C=O) groups is 1. The maximum absolute atomic E-state index is 11.7. The Morgan fingerprint density at radius 2 is 2.33 bits per heavy atom. The molecular formula is C11H18N4O3. The standard InChI is InChI=1S/C11H18N4O3/c12-11-13-9-8(10(18)14-11)1-3-15(9)5-7(6-17)2-4-16/h1,3,7-9,16-17H,2,4-6H2,(H3,12,13,14,18). The highest BCUT2D eigenvalue weighted by molar-refractivity contribution is 6.00. The van der Waals surface area contributed by atoms with Gasteiger partial charge in [-0.15, -0.1) is 0 Å². The highest BCUT2D eigenvalue weighted by Gasteiger charge is 2.38. The molecule has 2 rings (SSSR count). The van der Waals surface area contributed by atoms with Crippen LogP contribution in [0.5, 0.6) is 0 Å². The molecule has 0 aliphatic carbocycles. The quantitative estimate of drug-likeness (QED) is 0.462. The zero-order valence-electron chi connectivity index (χ0n) is 9.99. The number of aliphatic hydroxyl groups is 2. The predicted octanol–water partition coefficient (Wildman–Crippen LogP) is -1.81. The van der Waals surface area contributed by atoms with Crippen LogP contribution in [0.4, 0.5) is 0 Å². The molecule has 0 aromatic carbocycles. The van der Waals surface area contributed by atoms with Crippen molar-refractivity contribution >= 4 is 11.9 Å². The lowest BCUT2D eigenvalue weighted by atomic mass is 10.0. The predicted molar refractivity (Wildman–Crippen MR) is 65.2 cm³/mol. The molecule has 100 valence electrons. The van der Waals surface area contributed by atoms with Crippen molar-refractivity contribution in [2.75, 3.05) is 19.8 Å². The Labute approximate surface area is 105 Å². The lowest BCUT2D eigenvalue weighted by Gasteiger charge is -2.31. The van der Waals surface area contributed by atoms with Crippen LogP contribution >= 0.6 is 0 Å². The van der Waals surface area contributed by atoms with Gasteiger partial charge in [-0.05, 0) is 12.6 Å². The Kier molecular flexibility index (Phi) is 3.83. The molecule has 0 aromatic heterocycles. The summed E-state index contributed by atoms with van der Waals surface area (Å²) in [5.74, 6) is -0.405. The van der Waals surface area contributed by atoms with Crippen LogP contribution in [0.1, 0.15) is 6.42 Å². The van der Waals surface area contributed by atoms with Gasteiger partial charge in [0.1, 0.15) is 6.17 Å². The Balaban J connectivity index is 2.05. The summed E-state index contributed by atoms with van der Waals surface area (Å²) in [6.45, 7) is 0.565. The average molecular weight is 254 g/mol. The van der Waals surface area contributed by atoms with Crippen LogP contribution in [0.2, 0.25) is 0 Å². The Bertz CT molecular complexity index is 382. The van der Waals surface area contributed by atoms with Gasteiger partial charge < -0.3 is 20.8 Å². The van der Waals surface area contributed by atoms with Crippen LogP contribution < -0.4 is 11.1 Å². The summed E-state index contributed by atoms with van der Waals surface area (Å²) in [5.41, 5.74) is 5.54. The summed E-state index contributed by atoms with van der Waals surface area (Å²) < 4.78 is 0. The van der Waals surface area contributed by atoms with Gasteiger partial charge in [0.15, 0.2) is 5.96 Å². The van der Waals surface area contributed by atoms with Crippen molar-refractivity contribution in [2.45, 2.75) is 12.6 Å². The second-order valence-corrected chi connectivity index (χ2v) is 4.54. The first kappa shape index (κ1) is 12.8. The Morgan fingerprint density at radius 3 is 3.00 bits per heavy atom. The first-order valence-corrected chi connectivity index (χ1v) is 5.95. The summed E-state index contributed by atoms with van der Waals surface area (Å²) >= 11 is 0. The molecule has 0 radical (unpaired) electrons. The summed E-state index contributed by atoms with van der Waals surface area (Å²) in [6, 6.07) is 0. The number of hydrogen-bond acceptors (Lipinski definition) is 6. The van der Waals surface area contributed by atoms with Crippen molar-refractivity contribution in [1.29, 1.82) is 0 Å². The van der Waals surface area contributed by atoms with E-state index in [9.17, 15) is 9.90 Å². The summed E-state index contributed by atoms with van der Waals surface area (Å²) in [7, 11) is 0. The third-order valence-electron chi connectivity index (χ3n) is 3.24. The topological polar surface area (TPSA) is 111 Å². The number of hydrogen-bond donors (Lipinski definition) is 4. The third kappa shape index (κ3) is 2.46. The molecular weight excluding hydrogens is 236 g/mol. The highest BCUT2D eigenvalue weighted by atomic mass is 16.3. The van der Waals surface area contributed by atoms with Gasteiger partial charge in [-0.1, -0.05) is 6.08 Å². The molecule has 2 aliphatic rings. The summed E-state index contributed by atoms with van der Waals surface area (Å²) in [5, 5.41) is 20.6. The summed E-state index contributed by atoms with van der Waals surface area (Å²) in [4.78, 5) is 17.8. The lowest BCUT2D eigenvalue weighted by Crippen LogP contribution is -2.51. The number of nitrogens with one attached hydrogen (secondary N) is 1. The number of rotatable bonds is 5. The molecule has 7 heteroatoms. The fourth-order valence-electron chi connectivity index (χ4n) is 2.25. The zero-order chi connectivity index (χ0) is 13.1. The van der Waals surface area contributed by atoms with E-state index in [1.165, 1.54) is 0 Å². The molecule has 18 heavy (non-hydrogen) atoms.